The van der Waals surface area contributed by atoms with Crippen LogP contribution >= 0.6 is 15.9 Å². The molecule has 1 atom stereocenters. The van der Waals surface area contributed by atoms with Crippen molar-refractivity contribution in [1.29, 1.82) is 0 Å². The van der Waals surface area contributed by atoms with E-state index in [1.165, 1.54) is 0 Å². The van der Waals surface area contributed by atoms with Gasteiger partial charge in [-0.1, -0.05) is 41.1 Å². The molecule has 3 heteroatoms. The van der Waals surface area contributed by atoms with Crippen LogP contribution in [0.5, 0.6) is 0 Å². The highest BCUT2D eigenvalue weighted by molar-refractivity contribution is 9.10. The highest BCUT2D eigenvalue weighted by Crippen LogP contribution is 2.28. The van der Waals surface area contributed by atoms with Gasteiger partial charge in [0.1, 0.15) is 0 Å². The van der Waals surface area contributed by atoms with Crippen molar-refractivity contribution in [3.05, 3.63) is 34.3 Å². The Morgan fingerprint density at radius 2 is 2.07 bits per heavy atom. The fourth-order valence-corrected chi connectivity index (χ4v) is 2.08. The molecule has 0 fully saturated rings. The van der Waals surface area contributed by atoms with Gasteiger partial charge in [0.05, 0.1) is 12.5 Å². The van der Waals surface area contributed by atoms with Crippen LogP contribution in [0.3, 0.4) is 0 Å². The number of hydrogen-bond acceptors (Lipinski definition) is 2. The van der Waals surface area contributed by atoms with Crippen molar-refractivity contribution in [3.63, 3.8) is 0 Å². The Balaban J connectivity index is 2.92. The van der Waals surface area contributed by atoms with Crippen molar-refractivity contribution in [2.24, 2.45) is 0 Å². The van der Waals surface area contributed by atoms with E-state index in [4.69, 9.17) is 4.74 Å². The van der Waals surface area contributed by atoms with Crippen molar-refractivity contribution in [2.75, 3.05) is 6.61 Å². The van der Waals surface area contributed by atoms with E-state index < -0.39 is 0 Å². The number of rotatable bonds is 4. The second-order valence-corrected chi connectivity index (χ2v) is 4.09. The van der Waals surface area contributed by atoms with Gasteiger partial charge in [0.25, 0.3) is 0 Å². The predicted molar refractivity (Wildman–Crippen MR) is 63.8 cm³/mol. The maximum atomic E-state index is 11.7. The van der Waals surface area contributed by atoms with Gasteiger partial charge in [-0.3, -0.25) is 4.79 Å². The zero-order chi connectivity index (χ0) is 11.3. The molecular formula is C12H15BrO2. The van der Waals surface area contributed by atoms with Crippen molar-refractivity contribution in [2.45, 2.75) is 26.2 Å². The summed E-state index contributed by atoms with van der Waals surface area (Å²) in [6.45, 7) is 4.24. The lowest BCUT2D eigenvalue weighted by atomic mass is 9.97. The summed E-state index contributed by atoms with van der Waals surface area (Å²) in [7, 11) is 0. The maximum absolute atomic E-state index is 11.7. The van der Waals surface area contributed by atoms with Crippen molar-refractivity contribution in [1.82, 2.24) is 0 Å². The van der Waals surface area contributed by atoms with Crippen LogP contribution in [0.15, 0.2) is 28.7 Å². The third-order valence-electron chi connectivity index (χ3n) is 2.26. The number of esters is 1. The van der Waals surface area contributed by atoms with E-state index in [9.17, 15) is 4.79 Å². The highest BCUT2D eigenvalue weighted by atomic mass is 79.9. The molecule has 1 unspecified atom stereocenters. The number of ether oxygens (including phenoxy) is 1. The average Bonchev–Trinajstić information content (AvgIpc) is 2.22. The molecule has 0 aromatic heterocycles. The fourth-order valence-electron chi connectivity index (χ4n) is 1.51. The van der Waals surface area contributed by atoms with E-state index in [-0.39, 0.29) is 11.9 Å². The lowest BCUT2D eigenvalue weighted by molar-refractivity contribution is -0.145. The van der Waals surface area contributed by atoms with Gasteiger partial charge in [-0.15, -0.1) is 0 Å². The number of carbonyl (C=O) groups is 1. The monoisotopic (exact) mass is 270 g/mol. The second kappa shape index (κ2) is 5.91. The van der Waals surface area contributed by atoms with Gasteiger partial charge in [-0.05, 0) is 25.0 Å². The lowest BCUT2D eigenvalue weighted by Crippen LogP contribution is -2.15. The van der Waals surface area contributed by atoms with Gasteiger partial charge in [0.15, 0.2) is 0 Å². The topological polar surface area (TPSA) is 26.3 Å². The molecule has 0 spiro atoms. The first-order chi connectivity index (χ1) is 7.20. The van der Waals surface area contributed by atoms with Crippen LogP contribution in [0, 0.1) is 0 Å². The Morgan fingerprint density at radius 1 is 1.40 bits per heavy atom. The van der Waals surface area contributed by atoms with Gasteiger partial charge < -0.3 is 4.74 Å². The molecule has 15 heavy (non-hydrogen) atoms. The number of benzene rings is 1. The van der Waals surface area contributed by atoms with E-state index in [0.717, 1.165) is 16.5 Å². The smallest absolute Gasteiger partial charge is 0.313 e. The summed E-state index contributed by atoms with van der Waals surface area (Å²) in [6, 6.07) is 7.76. The van der Waals surface area contributed by atoms with Crippen molar-refractivity contribution in [3.8, 4) is 0 Å². The molecule has 0 radical (unpaired) electrons. The van der Waals surface area contributed by atoms with E-state index >= 15 is 0 Å². The molecule has 0 heterocycles. The SMILES string of the molecule is CCOC(=O)C(CC)c1ccccc1Br. The van der Waals surface area contributed by atoms with Crippen LogP contribution in [-0.4, -0.2) is 12.6 Å². The molecule has 0 saturated heterocycles. The van der Waals surface area contributed by atoms with E-state index in [2.05, 4.69) is 15.9 Å². The van der Waals surface area contributed by atoms with Gasteiger partial charge in [0.2, 0.25) is 0 Å². The minimum Gasteiger partial charge on any atom is -0.466 e. The van der Waals surface area contributed by atoms with E-state index in [0.29, 0.717) is 6.61 Å². The Hall–Kier alpha value is -0.830. The first-order valence-corrected chi connectivity index (χ1v) is 5.91. The standard InChI is InChI=1S/C12H15BrO2/c1-3-9(12(14)15-4-2)10-7-5-6-8-11(10)13/h5-9H,3-4H2,1-2H3. The van der Waals surface area contributed by atoms with Crippen LogP contribution in [0.4, 0.5) is 0 Å². The largest absolute Gasteiger partial charge is 0.466 e. The molecule has 0 amide bonds. The lowest BCUT2D eigenvalue weighted by Gasteiger charge is -2.15. The molecule has 0 bridgehead atoms. The number of hydrogen-bond donors (Lipinski definition) is 0. The van der Waals surface area contributed by atoms with Crippen LogP contribution in [0.25, 0.3) is 0 Å². The van der Waals surface area contributed by atoms with Crippen LogP contribution < -0.4 is 0 Å². The van der Waals surface area contributed by atoms with Crippen LogP contribution in [0.2, 0.25) is 0 Å². The Labute approximate surface area is 98.8 Å². The van der Waals surface area contributed by atoms with E-state index in [1.54, 1.807) is 0 Å². The van der Waals surface area contributed by atoms with Gasteiger partial charge >= 0.3 is 5.97 Å². The minimum absolute atomic E-state index is 0.146. The highest BCUT2D eigenvalue weighted by Gasteiger charge is 2.21. The first kappa shape index (κ1) is 12.2. The molecule has 0 aliphatic rings. The fraction of sp³-hybridized carbons (Fsp3) is 0.417. The third-order valence-corrected chi connectivity index (χ3v) is 2.98. The maximum Gasteiger partial charge on any atom is 0.313 e. The molecule has 1 aromatic carbocycles. The van der Waals surface area contributed by atoms with Gasteiger partial charge in [-0.2, -0.15) is 0 Å². The Morgan fingerprint density at radius 3 is 2.60 bits per heavy atom. The average molecular weight is 271 g/mol. The van der Waals surface area contributed by atoms with Gasteiger partial charge in [0, 0.05) is 4.47 Å². The van der Waals surface area contributed by atoms with Crippen molar-refractivity contribution < 1.29 is 9.53 Å². The molecule has 0 saturated carbocycles. The molecule has 2 nitrogen and oxygen atoms in total. The molecule has 0 N–H and O–H groups in total. The third kappa shape index (κ3) is 3.06. The number of halogens is 1. The zero-order valence-electron chi connectivity index (χ0n) is 9.00. The van der Waals surface area contributed by atoms with Crippen LogP contribution in [0.1, 0.15) is 31.7 Å². The minimum atomic E-state index is -0.166. The predicted octanol–water partition coefficient (Wildman–Crippen LogP) is 3.51. The molecular weight excluding hydrogens is 256 g/mol. The molecule has 1 aromatic rings. The summed E-state index contributed by atoms with van der Waals surface area (Å²) in [6.07, 6.45) is 0.751. The molecule has 0 aliphatic carbocycles. The Bertz CT molecular complexity index is 336. The summed E-state index contributed by atoms with van der Waals surface area (Å²) < 4.78 is 6.01. The van der Waals surface area contributed by atoms with Crippen molar-refractivity contribution >= 4 is 21.9 Å². The first-order valence-electron chi connectivity index (χ1n) is 5.11. The quantitative estimate of drug-likeness (QED) is 0.783. The molecule has 1 rings (SSSR count). The number of carbonyl (C=O) groups excluding carboxylic acids is 1. The van der Waals surface area contributed by atoms with E-state index in [1.807, 2.05) is 38.1 Å². The summed E-state index contributed by atoms with van der Waals surface area (Å²) >= 11 is 3.45. The summed E-state index contributed by atoms with van der Waals surface area (Å²) in [5.74, 6) is -0.313. The summed E-state index contributed by atoms with van der Waals surface area (Å²) in [5, 5.41) is 0. The molecule has 82 valence electrons. The second-order valence-electron chi connectivity index (χ2n) is 3.23. The normalized spacial score (nSPS) is 12.2. The Kier molecular flexibility index (Phi) is 4.82. The van der Waals surface area contributed by atoms with Crippen LogP contribution in [-0.2, 0) is 9.53 Å². The molecule has 0 aliphatic heterocycles. The summed E-state index contributed by atoms with van der Waals surface area (Å²) in [5.41, 5.74) is 0.999. The zero-order valence-corrected chi connectivity index (χ0v) is 10.6. The van der Waals surface area contributed by atoms with Gasteiger partial charge in [-0.25, -0.2) is 0 Å². The summed E-state index contributed by atoms with van der Waals surface area (Å²) in [4.78, 5) is 11.7.